The van der Waals surface area contributed by atoms with Crippen molar-refractivity contribution in [2.24, 2.45) is 0 Å². The molecule has 3 N–H and O–H groups in total. The van der Waals surface area contributed by atoms with Crippen LogP contribution >= 0.6 is 0 Å². The van der Waals surface area contributed by atoms with Crippen molar-refractivity contribution in [3.05, 3.63) is 48.0 Å². The predicted octanol–water partition coefficient (Wildman–Crippen LogP) is 2.32. The highest BCUT2D eigenvalue weighted by molar-refractivity contribution is 5.83. The number of aliphatic hydroxyl groups excluding tert-OH is 1. The van der Waals surface area contributed by atoms with Crippen LogP contribution in [0.2, 0.25) is 0 Å². The van der Waals surface area contributed by atoms with Gasteiger partial charge in [0.15, 0.2) is 0 Å². The molecule has 4 nitrogen and oxygen atoms in total. The molecule has 2 aromatic rings. The molecular formula is C16H19NO3. The fourth-order valence-electron chi connectivity index (χ4n) is 2.24. The Hall–Kier alpha value is -1.91. The minimum absolute atomic E-state index is 0.345. The number of carbonyl (C=O) groups is 1. The number of rotatable bonds is 5. The Morgan fingerprint density at radius 1 is 1.10 bits per heavy atom. The average Bonchev–Trinajstić information content (AvgIpc) is 2.45. The number of fused-ring (bicyclic) bond motifs is 1. The Labute approximate surface area is 118 Å². The lowest BCUT2D eigenvalue weighted by molar-refractivity contribution is -0.139. The molecule has 0 aromatic heterocycles. The van der Waals surface area contributed by atoms with Crippen molar-refractivity contribution in [3.63, 3.8) is 0 Å². The van der Waals surface area contributed by atoms with E-state index in [0.717, 1.165) is 16.3 Å². The normalized spacial score (nSPS) is 15.8. The summed E-state index contributed by atoms with van der Waals surface area (Å²) in [7, 11) is 0. The molecule has 2 rings (SSSR count). The van der Waals surface area contributed by atoms with Crippen molar-refractivity contribution in [2.45, 2.75) is 32.0 Å². The summed E-state index contributed by atoms with van der Waals surface area (Å²) in [4.78, 5) is 10.8. The molecule has 0 amide bonds. The van der Waals surface area contributed by atoms with Crippen LogP contribution in [0.25, 0.3) is 10.8 Å². The number of hydrogen-bond acceptors (Lipinski definition) is 3. The second kappa shape index (κ2) is 6.03. The summed E-state index contributed by atoms with van der Waals surface area (Å²) in [5.74, 6) is -0.928. The molecular weight excluding hydrogens is 254 g/mol. The van der Waals surface area contributed by atoms with E-state index < -0.39 is 18.1 Å². The van der Waals surface area contributed by atoms with Gasteiger partial charge in [-0.2, -0.15) is 0 Å². The third-order valence-corrected chi connectivity index (χ3v) is 3.47. The third-order valence-electron chi connectivity index (χ3n) is 3.47. The SMILES string of the molecule is CC(NC(C)C(O)c1ccc2ccccc2c1)C(=O)O. The minimum atomic E-state index is -0.928. The van der Waals surface area contributed by atoms with E-state index in [2.05, 4.69) is 5.32 Å². The molecule has 0 aliphatic carbocycles. The molecule has 0 aliphatic heterocycles. The van der Waals surface area contributed by atoms with Gasteiger partial charge in [0.25, 0.3) is 0 Å². The van der Waals surface area contributed by atoms with Crippen molar-refractivity contribution < 1.29 is 15.0 Å². The topological polar surface area (TPSA) is 69.6 Å². The fourth-order valence-corrected chi connectivity index (χ4v) is 2.24. The van der Waals surface area contributed by atoms with E-state index in [9.17, 15) is 9.90 Å². The maximum absolute atomic E-state index is 10.8. The quantitative estimate of drug-likeness (QED) is 0.782. The van der Waals surface area contributed by atoms with Crippen LogP contribution in [0, 0.1) is 0 Å². The Morgan fingerprint density at radius 3 is 2.40 bits per heavy atom. The number of carboxylic acids is 1. The van der Waals surface area contributed by atoms with Crippen LogP contribution in [-0.2, 0) is 4.79 Å². The van der Waals surface area contributed by atoms with Crippen molar-refractivity contribution in [2.75, 3.05) is 0 Å². The van der Waals surface area contributed by atoms with E-state index in [4.69, 9.17) is 5.11 Å². The van der Waals surface area contributed by atoms with E-state index in [1.165, 1.54) is 0 Å². The van der Waals surface area contributed by atoms with Crippen molar-refractivity contribution >= 4 is 16.7 Å². The summed E-state index contributed by atoms with van der Waals surface area (Å²) in [5.41, 5.74) is 0.779. The first kappa shape index (κ1) is 14.5. The van der Waals surface area contributed by atoms with E-state index in [0.29, 0.717) is 0 Å². The standard InChI is InChI=1S/C16H19NO3/c1-10(17-11(2)16(19)20)15(18)14-8-7-12-5-3-4-6-13(12)9-14/h3-11,15,17-18H,1-2H3,(H,19,20). The summed E-state index contributed by atoms with van der Waals surface area (Å²) in [5, 5.41) is 24.3. The molecule has 3 atom stereocenters. The first-order chi connectivity index (χ1) is 9.49. The maximum atomic E-state index is 10.8. The van der Waals surface area contributed by atoms with Gasteiger partial charge in [-0.3, -0.25) is 10.1 Å². The first-order valence-corrected chi connectivity index (χ1v) is 6.64. The molecule has 3 unspecified atom stereocenters. The molecule has 0 heterocycles. The summed E-state index contributed by atoms with van der Waals surface area (Å²) < 4.78 is 0. The van der Waals surface area contributed by atoms with Gasteiger partial charge in [-0.15, -0.1) is 0 Å². The molecule has 4 heteroatoms. The molecule has 0 bridgehead atoms. The van der Waals surface area contributed by atoms with Gasteiger partial charge in [0, 0.05) is 6.04 Å². The molecule has 0 aliphatic rings. The molecule has 0 spiro atoms. The van der Waals surface area contributed by atoms with Gasteiger partial charge in [0.1, 0.15) is 6.04 Å². The van der Waals surface area contributed by atoms with Crippen molar-refractivity contribution in [1.29, 1.82) is 0 Å². The van der Waals surface area contributed by atoms with Crippen LogP contribution in [0.4, 0.5) is 0 Å². The average molecular weight is 273 g/mol. The van der Waals surface area contributed by atoms with Crippen LogP contribution in [0.15, 0.2) is 42.5 Å². The summed E-state index contributed by atoms with van der Waals surface area (Å²) in [6, 6.07) is 12.6. The predicted molar refractivity (Wildman–Crippen MR) is 78.6 cm³/mol. The third kappa shape index (κ3) is 3.15. The van der Waals surface area contributed by atoms with E-state index in [1.807, 2.05) is 42.5 Å². The zero-order valence-corrected chi connectivity index (χ0v) is 11.6. The Balaban J connectivity index is 2.17. The van der Waals surface area contributed by atoms with Gasteiger partial charge in [-0.25, -0.2) is 0 Å². The number of nitrogens with one attached hydrogen (secondary N) is 1. The first-order valence-electron chi connectivity index (χ1n) is 6.64. The minimum Gasteiger partial charge on any atom is -0.480 e. The highest BCUT2D eigenvalue weighted by Gasteiger charge is 2.21. The molecule has 20 heavy (non-hydrogen) atoms. The molecule has 0 fully saturated rings. The molecule has 0 saturated carbocycles. The number of hydrogen-bond donors (Lipinski definition) is 3. The number of benzene rings is 2. The van der Waals surface area contributed by atoms with Crippen LogP contribution in [0.5, 0.6) is 0 Å². The summed E-state index contributed by atoms with van der Waals surface area (Å²) in [6.45, 7) is 3.34. The zero-order valence-electron chi connectivity index (χ0n) is 11.6. The Morgan fingerprint density at radius 2 is 1.75 bits per heavy atom. The van der Waals surface area contributed by atoms with Crippen LogP contribution in [-0.4, -0.2) is 28.3 Å². The molecule has 2 aromatic carbocycles. The number of aliphatic carboxylic acids is 1. The lowest BCUT2D eigenvalue weighted by Gasteiger charge is -2.23. The second-order valence-electron chi connectivity index (χ2n) is 5.07. The Kier molecular flexibility index (Phi) is 4.37. The molecule has 0 radical (unpaired) electrons. The van der Waals surface area contributed by atoms with E-state index in [1.54, 1.807) is 13.8 Å². The van der Waals surface area contributed by atoms with Gasteiger partial charge in [0.05, 0.1) is 6.10 Å². The lowest BCUT2D eigenvalue weighted by atomic mass is 9.99. The van der Waals surface area contributed by atoms with Gasteiger partial charge >= 0.3 is 5.97 Å². The van der Waals surface area contributed by atoms with E-state index in [-0.39, 0.29) is 6.04 Å². The zero-order chi connectivity index (χ0) is 14.7. The van der Waals surface area contributed by atoms with Gasteiger partial charge in [-0.05, 0) is 36.2 Å². The monoisotopic (exact) mass is 273 g/mol. The number of aliphatic hydroxyl groups is 1. The maximum Gasteiger partial charge on any atom is 0.320 e. The van der Waals surface area contributed by atoms with E-state index >= 15 is 0 Å². The van der Waals surface area contributed by atoms with Crippen molar-refractivity contribution in [3.8, 4) is 0 Å². The highest BCUT2D eigenvalue weighted by atomic mass is 16.4. The summed E-state index contributed by atoms with van der Waals surface area (Å²) in [6.07, 6.45) is -0.749. The summed E-state index contributed by atoms with van der Waals surface area (Å²) >= 11 is 0. The van der Waals surface area contributed by atoms with Gasteiger partial charge < -0.3 is 10.2 Å². The largest absolute Gasteiger partial charge is 0.480 e. The molecule has 106 valence electrons. The number of carboxylic acid groups (broad SMARTS) is 1. The van der Waals surface area contributed by atoms with Gasteiger partial charge in [-0.1, -0.05) is 36.4 Å². The smallest absolute Gasteiger partial charge is 0.320 e. The second-order valence-corrected chi connectivity index (χ2v) is 5.07. The fraction of sp³-hybridized carbons (Fsp3) is 0.312. The van der Waals surface area contributed by atoms with Crippen LogP contribution < -0.4 is 5.32 Å². The van der Waals surface area contributed by atoms with Crippen LogP contribution in [0.1, 0.15) is 25.5 Å². The van der Waals surface area contributed by atoms with Gasteiger partial charge in [0.2, 0.25) is 0 Å². The van der Waals surface area contributed by atoms with Crippen LogP contribution in [0.3, 0.4) is 0 Å². The lowest BCUT2D eigenvalue weighted by Crippen LogP contribution is -2.42. The Bertz CT molecular complexity index is 611. The highest BCUT2D eigenvalue weighted by Crippen LogP contribution is 2.22. The van der Waals surface area contributed by atoms with Crippen molar-refractivity contribution in [1.82, 2.24) is 5.32 Å². The molecule has 0 saturated heterocycles.